The second-order valence-corrected chi connectivity index (χ2v) is 10.0. The third-order valence-electron chi connectivity index (χ3n) is 6.00. The van der Waals surface area contributed by atoms with Gasteiger partial charge in [-0.1, -0.05) is 91.0 Å². The number of hydrogen-bond donors (Lipinski definition) is 2. The lowest BCUT2D eigenvalue weighted by Crippen LogP contribution is -2.45. The van der Waals surface area contributed by atoms with Crippen LogP contribution in [0.4, 0.5) is 0 Å². The number of rotatable bonds is 8. The van der Waals surface area contributed by atoms with E-state index >= 15 is 0 Å². The van der Waals surface area contributed by atoms with Gasteiger partial charge in [-0.05, 0) is 37.5 Å². The Morgan fingerprint density at radius 3 is 1.69 bits per heavy atom. The highest BCUT2D eigenvalue weighted by molar-refractivity contribution is 7.12. The van der Waals surface area contributed by atoms with Gasteiger partial charge in [0.1, 0.15) is 5.01 Å². The molecule has 180 valence electrons. The number of nitrogens with zero attached hydrogens (tertiary/aromatic N) is 1. The predicted octanol–water partition coefficient (Wildman–Crippen LogP) is 5.80. The van der Waals surface area contributed by atoms with Crippen molar-refractivity contribution in [3.63, 3.8) is 0 Å². The number of ether oxygens (including phenoxy) is 1. The van der Waals surface area contributed by atoms with E-state index in [9.17, 15) is 9.90 Å². The van der Waals surface area contributed by atoms with E-state index in [-0.39, 0.29) is 11.7 Å². The van der Waals surface area contributed by atoms with Crippen LogP contribution in [0.2, 0.25) is 0 Å². The zero-order chi connectivity index (χ0) is 25.1. The molecule has 4 rings (SSSR count). The molecule has 0 bridgehead atoms. The first-order valence-electron chi connectivity index (χ1n) is 11.5. The number of methoxy groups -OCH3 is 1. The Balaban J connectivity index is 1.89. The molecule has 6 heteroatoms. The molecule has 35 heavy (non-hydrogen) atoms. The molecule has 3 aromatic carbocycles. The van der Waals surface area contributed by atoms with Gasteiger partial charge in [0.05, 0.1) is 29.2 Å². The van der Waals surface area contributed by atoms with Crippen LogP contribution in [0.1, 0.15) is 63.9 Å². The van der Waals surface area contributed by atoms with Crippen molar-refractivity contribution in [1.82, 2.24) is 10.3 Å². The summed E-state index contributed by atoms with van der Waals surface area (Å²) in [6.07, 6.45) is 0. The van der Waals surface area contributed by atoms with Gasteiger partial charge in [-0.3, -0.25) is 5.32 Å². The Hall–Kier alpha value is -3.32. The molecule has 0 amide bonds. The largest absolute Gasteiger partial charge is 0.464 e. The van der Waals surface area contributed by atoms with E-state index in [0.29, 0.717) is 9.88 Å². The summed E-state index contributed by atoms with van der Waals surface area (Å²) in [6, 6.07) is 30.7. The van der Waals surface area contributed by atoms with Crippen molar-refractivity contribution < 1.29 is 14.6 Å². The quantitative estimate of drug-likeness (QED) is 0.243. The molecule has 1 heterocycles. The minimum absolute atomic E-state index is 0.151. The molecule has 0 aliphatic heterocycles. The fourth-order valence-electron chi connectivity index (χ4n) is 4.37. The van der Waals surface area contributed by atoms with E-state index in [1.165, 1.54) is 18.4 Å². The first-order valence-corrected chi connectivity index (χ1v) is 12.3. The first-order chi connectivity index (χ1) is 16.8. The van der Waals surface area contributed by atoms with Crippen LogP contribution in [0.3, 0.4) is 0 Å². The predicted molar refractivity (Wildman–Crippen MR) is 139 cm³/mol. The number of carbonyl (C=O) groups is 1. The van der Waals surface area contributed by atoms with Crippen molar-refractivity contribution in [3.8, 4) is 0 Å². The van der Waals surface area contributed by atoms with Crippen LogP contribution in [0.5, 0.6) is 0 Å². The fraction of sp³-hybridized carbons (Fsp3) is 0.241. The molecule has 0 aliphatic rings. The molecule has 0 fully saturated rings. The molecule has 1 aromatic heterocycles. The van der Waals surface area contributed by atoms with E-state index in [2.05, 4.69) is 46.7 Å². The third-order valence-corrected chi connectivity index (χ3v) is 7.55. The summed E-state index contributed by atoms with van der Waals surface area (Å²) in [5.41, 5.74) is 1.48. The molecular weight excluding hydrogens is 456 g/mol. The van der Waals surface area contributed by atoms with Gasteiger partial charge in [0.15, 0.2) is 5.69 Å². The Labute approximate surface area is 210 Å². The molecule has 0 spiro atoms. The Bertz CT molecular complexity index is 1170. The number of aromatic nitrogens is 1. The van der Waals surface area contributed by atoms with E-state index < -0.39 is 17.1 Å². The standard InChI is InChI=1S/C29H30N2O3S/c1-20(26-30-24(27(32)34-4)25(35-26)28(2,3)33)31-29(21-14-8-5-9-15-21,22-16-10-6-11-17-22)23-18-12-7-13-19-23/h5-20,31,33H,1-4H3/t20-/m0/s1. The molecule has 0 aliphatic carbocycles. The average molecular weight is 487 g/mol. The van der Waals surface area contributed by atoms with Crippen LogP contribution >= 0.6 is 11.3 Å². The Morgan fingerprint density at radius 1 is 0.886 bits per heavy atom. The number of carbonyl (C=O) groups excluding carboxylic acids is 1. The number of hydrogen-bond acceptors (Lipinski definition) is 6. The number of esters is 1. The van der Waals surface area contributed by atoms with Crippen LogP contribution in [0.25, 0.3) is 0 Å². The minimum Gasteiger partial charge on any atom is -0.464 e. The monoisotopic (exact) mass is 486 g/mol. The average Bonchev–Trinajstić information content (AvgIpc) is 3.35. The molecule has 2 N–H and O–H groups in total. The van der Waals surface area contributed by atoms with Crippen molar-refractivity contribution in [3.05, 3.63) is 123 Å². The van der Waals surface area contributed by atoms with Gasteiger partial charge in [0, 0.05) is 0 Å². The van der Waals surface area contributed by atoms with Crippen LogP contribution in [0, 0.1) is 0 Å². The number of aliphatic hydroxyl groups is 1. The lowest BCUT2D eigenvalue weighted by Gasteiger charge is -2.39. The van der Waals surface area contributed by atoms with Gasteiger partial charge in [0.25, 0.3) is 0 Å². The van der Waals surface area contributed by atoms with E-state index in [1.54, 1.807) is 13.8 Å². The fourth-order valence-corrected chi connectivity index (χ4v) is 5.43. The molecule has 0 unspecified atom stereocenters. The molecular formula is C29H30N2O3S. The van der Waals surface area contributed by atoms with Crippen LogP contribution in [-0.4, -0.2) is 23.2 Å². The minimum atomic E-state index is -1.23. The van der Waals surface area contributed by atoms with Crippen molar-refractivity contribution in [2.24, 2.45) is 0 Å². The molecule has 1 atom stereocenters. The Kier molecular flexibility index (Phi) is 7.17. The van der Waals surface area contributed by atoms with Crippen molar-refractivity contribution >= 4 is 17.3 Å². The number of thiazole rings is 1. The van der Waals surface area contributed by atoms with Gasteiger partial charge in [-0.2, -0.15) is 0 Å². The molecule has 5 nitrogen and oxygen atoms in total. The second-order valence-electron chi connectivity index (χ2n) is 8.99. The highest BCUT2D eigenvalue weighted by Gasteiger charge is 2.39. The first kappa shape index (κ1) is 24.8. The maximum atomic E-state index is 12.5. The van der Waals surface area contributed by atoms with Crippen LogP contribution in [-0.2, 0) is 15.9 Å². The van der Waals surface area contributed by atoms with Crippen molar-refractivity contribution in [2.75, 3.05) is 7.11 Å². The molecule has 4 aromatic rings. The van der Waals surface area contributed by atoms with Crippen molar-refractivity contribution in [2.45, 2.75) is 38.0 Å². The highest BCUT2D eigenvalue weighted by Crippen LogP contribution is 2.40. The number of benzene rings is 3. The Morgan fingerprint density at radius 2 is 1.31 bits per heavy atom. The smallest absolute Gasteiger partial charge is 0.357 e. The summed E-state index contributed by atoms with van der Waals surface area (Å²) in [5, 5.41) is 15.3. The third kappa shape index (κ3) is 4.91. The summed E-state index contributed by atoms with van der Waals surface area (Å²) in [6.45, 7) is 5.33. The molecule has 0 saturated heterocycles. The highest BCUT2D eigenvalue weighted by atomic mass is 32.1. The van der Waals surface area contributed by atoms with Gasteiger partial charge < -0.3 is 9.84 Å². The van der Waals surface area contributed by atoms with Crippen molar-refractivity contribution in [1.29, 1.82) is 0 Å². The van der Waals surface area contributed by atoms with E-state index in [4.69, 9.17) is 4.74 Å². The second kappa shape index (κ2) is 10.1. The summed E-state index contributed by atoms with van der Waals surface area (Å²) >= 11 is 1.32. The van der Waals surface area contributed by atoms with Gasteiger partial charge in [0.2, 0.25) is 0 Å². The SMILES string of the molecule is COC(=O)c1nc([C@H](C)NC(c2ccccc2)(c2ccccc2)c2ccccc2)sc1C(C)(C)O. The van der Waals surface area contributed by atoms with E-state index in [1.807, 2.05) is 61.5 Å². The van der Waals surface area contributed by atoms with Crippen LogP contribution < -0.4 is 5.32 Å². The maximum absolute atomic E-state index is 12.5. The number of nitrogens with one attached hydrogen (secondary N) is 1. The summed E-state index contributed by atoms with van der Waals surface area (Å²) < 4.78 is 4.95. The van der Waals surface area contributed by atoms with Gasteiger partial charge in [-0.25, -0.2) is 9.78 Å². The molecule has 0 saturated carbocycles. The lowest BCUT2D eigenvalue weighted by atomic mass is 9.76. The normalized spacial score (nSPS) is 12.8. The zero-order valence-corrected chi connectivity index (χ0v) is 21.2. The molecule has 0 radical (unpaired) electrons. The summed E-state index contributed by atoms with van der Waals surface area (Å²) in [7, 11) is 1.32. The maximum Gasteiger partial charge on any atom is 0.357 e. The lowest BCUT2D eigenvalue weighted by molar-refractivity contribution is 0.0555. The van der Waals surface area contributed by atoms with Crippen LogP contribution in [0.15, 0.2) is 91.0 Å². The summed E-state index contributed by atoms with van der Waals surface area (Å²) in [4.78, 5) is 17.6. The topological polar surface area (TPSA) is 71.5 Å². The summed E-state index contributed by atoms with van der Waals surface area (Å²) in [5.74, 6) is -0.558. The zero-order valence-electron chi connectivity index (χ0n) is 20.4. The van der Waals surface area contributed by atoms with Gasteiger partial charge in [-0.15, -0.1) is 11.3 Å². The van der Waals surface area contributed by atoms with Gasteiger partial charge >= 0.3 is 5.97 Å². The van der Waals surface area contributed by atoms with E-state index in [0.717, 1.165) is 16.7 Å².